The summed E-state index contributed by atoms with van der Waals surface area (Å²) in [7, 11) is -2.68. The van der Waals surface area contributed by atoms with Gasteiger partial charge in [-0.1, -0.05) is 0 Å². The van der Waals surface area contributed by atoms with Crippen molar-refractivity contribution < 1.29 is 56.0 Å². The van der Waals surface area contributed by atoms with E-state index in [0.29, 0.717) is 10.8 Å². The van der Waals surface area contributed by atoms with Gasteiger partial charge in [-0.05, 0) is 10.8 Å². The van der Waals surface area contributed by atoms with Gasteiger partial charge in [0.05, 0.1) is 6.61 Å². The Labute approximate surface area is 183 Å². The van der Waals surface area contributed by atoms with Crippen LogP contribution in [0.5, 0.6) is 0 Å². The maximum absolute atomic E-state index is 11.7. The van der Waals surface area contributed by atoms with Gasteiger partial charge in [-0.2, -0.15) is 0 Å². The van der Waals surface area contributed by atoms with Crippen LogP contribution in [0.3, 0.4) is 0 Å². The van der Waals surface area contributed by atoms with Crippen molar-refractivity contribution in [3.05, 3.63) is 0 Å². The van der Waals surface area contributed by atoms with E-state index >= 15 is 0 Å². The minimum atomic E-state index is -3.31. The number of rotatable bonds is 10. The zero-order chi connectivity index (χ0) is 23.8. The highest BCUT2D eigenvalue weighted by Gasteiger charge is 2.52. The van der Waals surface area contributed by atoms with Crippen molar-refractivity contribution in [1.82, 2.24) is 0 Å². The molecule has 0 saturated carbocycles. The van der Waals surface area contributed by atoms with E-state index < -0.39 is 63.5 Å². The van der Waals surface area contributed by atoms with Gasteiger partial charge in [0.15, 0.2) is 33.5 Å². The van der Waals surface area contributed by atoms with Crippen molar-refractivity contribution in [2.75, 3.05) is 25.2 Å². The average Bonchev–Trinajstić information content (AvgIpc) is 2.59. The summed E-state index contributed by atoms with van der Waals surface area (Å²) in [4.78, 5) is 46.2. The van der Waals surface area contributed by atoms with Gasteiger partial charge in [-0.3, -0.25) is 19.2 Å². The molecular weight excluding hydrogens is 460 g/mol. The number of ether oxygens (including phenoxy) is 6. The summed E-state index contributed by atoms with van der Waals surface area (Å²) in [5.41, 5.74) is 0. The normalized spacial score (nSPS) is 25.9. The first kappa shape index (κ1) is 27.1. The molecule has 0 N–H and O–H groups in total. The van der Waals surface area contributed by atoms with E-state index in [2.05, 4.69) is 0 Å². The van der Waals surface area contributed by atoms with Crippen LogP contribution in [0.4, 0.5) is 0 Å². The molecule has 1 aliphatic rings. The predicted molar refractivity (Wildman–Crippen MR) is 105 cm³/mol. The highest BCUT2D eigenvalue weighted by Crippen LogP contribution is 2.30. The third-order valence-corrected chi connectivity index (χ3v) is 6.16. The maximum Gasteiger partial charge on any atom is 0.303 e. The molecule has 178 valence electrons. The number of carbonyl (C=O) groups is 4. The third-order valence-electron chi connectivity index (χ3n) is 3.61. The second-order valence-corrected chi connectivity index (χ2v) is 11.0. The van der Waals surface area contributed by atoms with Crippen molar-refractivity contribution >= 4 is 43.5 Å². The summed E-state index contributed by atoms with van der Waals surface area (Å²) in [6, 6.07) is 0. The predicted octanol–water partition coefficient (Wildman–Crippen LogP) is -0.221. The van der Waals surface area contributed by atoms with Crippen LogP contribution in [0.25, 0.3) is 0 Å². The lowest BCUT2D eigenvalue weighted by Gasteiger charge is -2.44. The molecule has 1 rings (SSSR count). The first-order valence-corrected chi connectivity index (χ1v) is 12.5. The van der Waals surface area contributed by atoms with Gasteiger partial charge in [-0.15, -0.1) is 0 Å². The summed E-state index contributed by atoms with van der Waals surface area (Å²) in [5, 5.41) is 0. The monoisotopic (exact) mass is 486 g/mol. The third kappa shape index (κ3) is 10.3. The number of hydrogen-bond donors (Lipinski definition) is 0. The van der Waals surface area contributed by atoms with Crippen LogP contribution in [0.15, 0.2) is 0 Å². The zero-order valence-electron chi connectivity index (χ0n) is 17.7. The molecule has 1 aliphatic heterocycles. The summed E-state index contributed by atoms with van der Waals surface area (Å²) in [6.07, 6.45) is -5.39. The van der Waals surface area contributed by atoms with E-state index in [0.717, 1.165) is 34.0 Å². The molecule has 14 heteroatoms. The molecule has 0 spiro atoms. The van der Waals surface area contributed by atoms with Gasteiger partial charge < -0.3 is 28.4 Å². The summed E-state index contributed by atoms with van der Waals surface area (Å²) < 4.78 is 54.4. The molecule has 0 radical (unpaired) electrons. The standard InChI is InChI=1S/C17H26O12S2/c1-9(18)25-8-13-14(26-10(2)19)15(27-11(3)20)16(28-12(4)21)17(29-13)24-6-7-30-31(5,22)23/h13-17H,6-8H2,1-5H3/t13-,14+,15+,16-,17-/m1/s1. The van der Waals surface area contributed by atoms with Crippen molar-refractivity contribution in [2.24, 2.45) is 0 Å². The van der Waals surface area contributed by atoms with Crippen LogP contribution in [-0.2, 0) is 56.5 Å². The first-order chi connectivity index (χ1) is 14.3. The van der Waals surface area contributed by atoms with E-state index in [-0.39, 0.29) is 19.0 Å². The van der Waals surface area contributed by atoms with Crippen molar-refractivity contribution in [1.29, 1.82) is 0 Å². The lowest BCUT2D eigenvalue weighted by molar-refractivity contribution is -0.307. The zero-order valence-corrected chi connectivity index (χ0v) is 19.4. The molecule has 0 aromatic carbocycles. The maximum atomic E-state index is 11.7. The fraction of sp³-hybridized carbons (Fsp3) is 0.765. The van der Waals surface area contributed by atoms with Crippen LogP contribution < -0.4 is 0 Å². The topological polar surface area (TPSA) is 158 Å². The van der Waals surface area contributed by atoms with Crippen LogP contribution in [0.2, 0.25) is 0 Å². The Bertz CT molecular complexity index is 765. The van der Waals surface area contributed by atoms with E-state index in [9.17, 15) is 27.6 Å². The van der Waals surface area contributed by atoms with Crippen molar-refractivity contribution in [3.8, 4) is 0 Å². The molecule has 1 saturated heterocycles. The van der Waals surface area contributed by atoms with E-state index in [1.165, 1.54) is 0 Å². The van der Waals surface area contributed by atoms with Gasteiger partial charge in [0.2, 0.25) is 0 Å². The molecule has 12 nitrogen and oxygen atoms in total. The first-order valence-electron chi connectivity index (χ1n) is 9.06. The Kier molecular flexibility index (Phi) is 10.7. The fourth-order valence-corrected chi connectivity index (χ4v) is 4.25. The molecule has 1 fully saturated rings. The van der Waals surface area contributed by atoms with Crippen LogP contribution in [0, 0.1) is 0 Å². The van der Waals surface area contributed by atoms with Gasteiger partial charge in [0, 0.05) is 39.7 Å². The Morgan fingerprint density at radius 3 is 1.84 bits per heavy atom. The summed E-state index contributed by atoms with van der Waals surface area (Å²) in [6.45, 7) is 3.96. The van der Waals surface area contributed by atoms with Gasteiger partial charge >= 0.3 is 23.9 Å². The SMILES string of the molecule is CC(=O)OC[C@H]1O[C@@H](OCCSS(C)(=O)=O)[C@H](OC(C)=O)[C@@H](OC(C)=O)[C@H]1OC(C)=O. The molecule has 0 bridgehead atoms. The molecule has 0 aliphatic carbocycles. The largest absolute Gasteiger partial charge is 0.463 e. The Balaban J connectivity index is 3.18. The highest BCUT2D eigenvalue weighted by molar-refractivity contribution is 8.71. The number of carbonyl (C=O) groups excluding carboxylic acids is 4. The van der Waals surface area contributed by atoms with E-state index in [1.54, 1.807) is 0 Å². The van der Waals surface area contributed by atoms with Gasteiger partial charge in [0.25, 0.3) is 0 Å². The molecular formula is C17H26O12S2. The van der Waals surface area contributed by atoms with E-state index in [4.69, 9.17) is 28.4 Å². The van der Waals surface area contributed by atoms with Crippen molar-refractivity contribution in [2.45, 2.75) is 58.4 Å². The molecule has 31 heavy (non-hydrogen) atoms. The van der Waals surface area contributed by atoms with Crippen LogP contribution >= 0.6 is 10.8 Å². The molecule has 5 atom stereocenters. The van der Waals surface area contributed by atoms with E-state index in [1.807, 2.05) is 0 Å². The highest BCUT2D eigenvalue weighted by atomic mass is 33.1. The molecule has 1 heterocycles. The molecule has 0 amide bonds. The average molecular weight is 487 g/mol. The molecule has 0 aromatic heterocycles. The van der Waals surface area contributed by atoms with Crippen molar-refractivity contribution in [3.63, 3.8) is 0 Å². The minimum Gasteiger partial charge on any atom is -0.463 e. The smallest absolute Gasteiger partial charge is 0.303 e. The fourth-order valence-electron chi connectivity index (χ4n) is 2.67. The Morgan fingerprint density at radius 1 is 0.839 bits per heavy atom. The quantitative estimate of drug-likeness (QED) is 0.173. The lowest BCUT2D eigenvalue weighted by atomic mass is 9.98. The minimum absolute atomic E-state index is 0.0334. The number of esters is 4. The summed E-state index contributed by atoms with van der Waals surface area (Å²) >= 11 is 0. The lowest BCUT2D eigenvalue weighted by Crippen LogP contribution is -2.63. The molecule has 0 aromatic rings. The van der Waals surface area contributed by atoms with Crippen LogP contribution in [-0.4, -0.2) is 88.2 Å². The molecule has 0 unspecified atom stereocenters. The second kappa shape index (κ2) is 12.2. The Hall–Kier alpha value is -1.90. The second-order valence-electron chi connectivity index (χ2n) is 6.46. The van der Waals surface area contributed by atoms with Gasteiger partial charge in [0.1, 0.15) is 12.7 Å². The van der Waals surface area contributed by atoms with Crippen LogP contribution in [0.1, 0.15) is 27.7 Å². The number of hydrogen-bond acceptors (Lipinski definition) is 13. The summed E-state index contributed by atoms with van der Waals surface area (Å²) in [5.74, 6) is -2.88. The Morgan fingerprint density at radius 2 is 1.35 bits per heavy atom. The van der Waals surface area contributed by atoms with Gasteiger partial charge in [-0.25, -0.2) is 8.42 Å².